The Labute approximate surface area is 89.5 Å². The molecule has 0 saturated heterocycles. The SMILES string of the molecule is C=C(C(O)/C=C/[Si](C)(C)C)C(C)(C)C. The van der Waals surface area contributed by atoms with Gasteiger partial charge in [-0.15, -0.1) is 0 Å². The van der Waals surface area contributed by atoms with Gasteiger partial charge >= 0.3 is 0 Å². The molecule has 0 aliphatic rings. The maximum atomic E-state index is 9.85. The molecule has 0 aliphatic carbocycles. The van der Waals surface area contributed by atoms with Gasteiger partial charge < -0.3 is 5.11 Å². The van der Waals surface area contributed by atoms with Crippen LogP contribution >= 0.6 is 0 Å². The van der Waals surface area contributed by atoms with Gasteiger partial charge in [0.15, 0.2) is 0 Å². The number of rotatable bonds is 3. The van der Waals surface area contributed by atoms with Gasteiger partial charge in [-0.1, -0.05) is 58.8 Å². The summed E-state index contributed by atoms with van der Waals surface area (Å²) in [4.78, 5) is 0. The summed E-state index contributed by atoms with van der Waals surface area (Å²) in [5, 5.41) is 9.85. The molecular weight excluding hydrogens is 188 g/mol. The first-order chi connectivity index (χ1) is 6.04. The number of aliphatic hydroxyl groups excluding tert-OH is 1. The van der Waals surface area contributed by atoms with Crippen molar-refractivity contribution in [2.45, 2.75) is 46.5 Å². The van der Waals surface area contributed by atoms with E-state index in [1.807, 2.05) is 6.08 Å². The first kappa shape index (κ1) is 13.7. The molecule has 0 bridgehead atoms. The molecule has 2 heteroatoms. The lowest BCUT2D eigenvalue weighted by Gasteiger charge is -2.25. The Hall–Kier alpha value is -0.343. The van der Waals surface area contributed by atoms with Gasteiger partial charge in [0.05, 0.1) is 14.2 Å². The minimum atomic E-state index is -1.21. The molecule has 0 amide bonds. The van der Waals surface area contributed by atoms with Gasteiger partial charge in [-0.3, -0.25) is 0 Å². The topological polar surface area (TPSA) is 20.2 Å². The van der Waals surface area contributed by atoms with Gasteiger partial charge in [0, 0.05) is 0 Å². The third kappa shape index (κ3) is 5.40. The van der Waals surface area contributed by atoms with Gasteiger partial charge in [-0.25, -0.2) is 0 Å². The molecule has 0 aromatic heterocycles. The molecule has 1 nitrogen and oxygen atoms in total. The van der Waals surface area contributed by atoms with Crippen molar-refractivity contribution in [3.63, 3.8) is 0 Å². The predicted molar refractivity (Wildman–Crippen MR) is 67.1 cm³/mol. The zero-order valence-electron chi connectivity index (χ0n) is 10.4. The molecule has 0 saturated carbocycles. The molecule has 0 radical (unpaired) electrons. The maximum Gasteiger partial charge on any atom is 0.0930 e. The molecule has 0 aromatic carbocycles. The smallest absolute Gasteiger partial charge is 0.0930 e. The molecule has 14 heavy (non-hydrogen) atoms. The van der Waals surface area contributed by atoms with Crippen molar-refractivity contribution in [3.05, 3.63) is 23.9 Å². The highest BCUT2D eigenvalue weighted by Gasteiger charge is 2.20. The van der Waals surface area contributed by atoms with E-state index >= 15 is 0 Å². The van der Waals surface area contributed by atoms with Crippen LogP contribution in [0.1, 0.15) is 20.8 Å². The molecule has 82 valence electrons. The summed E-state index contributed by atoms with van der Waals surface area (Å²) in [5.74, 6) is 0. The summed E-state index contributed by atoms with van der Waals surface area (Å²) in [5.41, 5.74) is 3.02. The zero-order valence-corrected chi connectivity index (χ0v) is 11.4. The number of aliphatic hydroxyl groups is 1. The van der Waals surface area contributed by atoms with Crippen molar-refractivity contribution in [2.75, 3.05) is 0 Å². The average Bonchev–Trinajstić information content (AvgIpc) is 1.95. The normalized spacial score (nSPS) is 15.9. The fourth-order valence-corrected chi connectivity index (χ4v) is 1.70. The van der Waals surface area contributed by atoms with E-state index in [-0.39, 0.29) is 5.41 Å². The first-order valence-corrected chi connectivity index (χ1v) is 8.68. The lowest BCUT2D eigenvalue weighted by molar-refractivity contribution is 0.230. The van der Waals surface area contributed by atoms with Crippen LogP contribution in [0.15, 0.2) is 23.9 Å². The Morgan fingerprint density at radius 1 is 1.29 bits per heavy atom. The number of hydrogen-bond acceptors (Lipinski definition) is 1. The van der Waals surface area contributed by atoms with Crippen LogP contribution in [-0.2, 0) is 0 Å². The van der Waals surface area contributed by atoms with Gasteiger partial charge in [0.1, 0.15) is 0 Å². The fraction of sp³-hybridized carbons (Fsp3) is 0.667. The second-order valence-electron chi connectivity index (χ2n) is 5.95. The van der Waals surface area contributed by atoms with Crippen molar-refractivity contribution < 1.29 is 5.11 Å². The fourth-order valence-electron chi connectivity index (χ4n) is 0.940. The Balaban J connectivity index is 4.45. The molecule has 1 N–H and O–H groups in total. The highest BCUT2D eigenvalue weighted by Crippen LogP contribution is 2.26. The van der Waals surface area contributed by atoms with Crippen molar-refractivity contribution >= 4 is 8.07 Å². The van der Waals surface area contributed by atoms with E-state index in [0.29, 0.717) is 0 Å². The largest absolute Gasteiger partial charge is 0.385 e. The van der Waals surface area contributed by atoms with Crippen molar-refractivity contribution in [2.24, 2.45) is 5.41 Å². The lowest BCUT2D eigenvalue weighted by Crippen LogP contribution is -2.22. The van der Waals surface area contributed by atoms with E-state index in [4.69, 9.17) is 0 Å². The summed E-state index contributed by atoms with van der Waals surface area (Å²) < 4.78 is 0. The molecule has 1 atom stereocenters. The Morgan fingerprint density at radius 2 is 1.71 bits per heavy atom. The quantitative estimate of drug-likeness (QED) is 0.562. The molecule has 0 rings (SSSR count). The first-order valence-electron chi connectivity index (χ1n) is 5.11. The van der Waals surface area contributed by atoms with Gasteiger partial charge in [0.2, 0.25) is 0 Å². The summed E-state index contributed by atoms with van der Waals surface area (Å²) in [6, 6.07) is 0. The Kier molecular flexibility index (Phi) is 4.34. The van der Waals surface area contributed by atoms with E-state index in [9.17, 15) is 5.11 Å². The molecular formula is C12H24OSi. The van der Waals surface area contributed by atoms with Crippen molar-refractivity contribution in [3.8, 4) is 0 Å². The van der Waals surface area contributed by atoms with E-state index in [0.717, 1.165) is 5.57 Å². The molecule has 0 spiro atoms. The van der Waals surface area contributed by atoms with Gasteiger partial charge in [-0.2, -0.15) is 0 Å². The molecule has 1 unspecified atom stereocenters. The highest BCUT2D eigenvalue weighted by molar-refractivity contribution is 6.80. The lowest BCUT2D eigenvalue weighted by atomic mass is 9.84. The second kappa shape index (κ2) is 4.45. The number of hydrogen-bond donors (Lipinski definition) is 1. The van der Waals surface area contributed by atoms with E-state index < -0.39 is 14.2 Å². The molecule has 0 aromatic rings. The summed E-state index contributed by atoms with van der Waals surface area (Å²) in [7, 11) is -1.21. The van der Waals surface area contributed by atoms with Gasteiger partial charge in [-0.05, 0) is 11.0 Å². The highest BCUT2D eigenvalue weighted by atomic mass is 28.3. The van der Waals surface area contributed by atoms with Crippen LogP contribution in [0, 0.1) is 5.41 Å². The zero-order chi connectivity index (χ0) is 11.6. The summed E-state index contributed by atoms with van der Waals surface area (Å²) >= 11 is 0. The van der Waals surface area contributed by atoms with Crippen LogP contribution < -0.4 is 0 Å². The van der Waals surface area contributed by atoms with Crippen LogP contribution in [0.4, 0.5) is 0 Å². The third-order valence-electron chi connectivity index (χ3n) is 2.10. The van der Waals surface area contributed by atoms with Crippen LogP contribution in [-0.4, -0.2) is 19.3 Å². The molecule has 0 fully saturated rings. The summed E-state index contributed by atoms with van der Waals surface area (Å²) in [6.45, 7) is 16.9. The summed E-state index contributed by atoms with van der Waals surface area (Å²) in [6.07, 6.45) is 1.39. The predicted octanol–water partition coefficient (Wildman–Crippen LogP) is 3.38. The van der Waals surface area contributed by atoms with Crippen LogP contribution in [0.2, 0.25) is 19.6 Å². The van der Waals surface area contributed by atoms with E-state index in [1.54, 1.807) is 0 Å². The molecule has 0 heterocycles. The second-order valence-corrected chi connectivity index (χ2v) is 11.0. The van der Waals surface area contributed by atoms with Crippen LogP contribution in [0.3, 0.4) is 0 Å². The minimum absolute atomic E-state index is 0.0246. The van der Waals surface area contributed by atoms with Gasteiger partial charge in [0.25, 0.3) is 0 Å². The van der Waals surface area contributed by atoms with Crippen molar-refractivity contribution in [1.29, 1.82) is 0 Å². The van der Waals surface area contributed by atoms with Crippen molar-refractivity contribution in [1.82, 2.24) is 0 Å². The molecule has 0 aliphatic heterocycles. The monoisotopic (exact) mass is 212 g/mol. The Bertz CT molecular complexity index is 228. The van der Waals surface area contributed by atoms with Crippen LogP contribution in [0.5, 0.6) is 0 Å². The van der Waals surface area contributed by atoms with E-state index in [2.05, 4.69) is 52.7 Å². The Morgan fingerprint density at radius 3 is 2.00 bits per heavy atom. The maximum absolute atomic E-state index is 9.85. The van der Waals surface area contributed by atoms with Crippen LogP contribution in [0.25, 0.3) is 0 Å². The van der Waals surface area contributed by atoms with E-state index in [1.165, 1.54) is 0 Å². The average molecular weight is 212 g/mol. The third-order valence-corrected chi connectivity index (χ3v) is 3.29. The minimum Gasteiger partial charge on any atom is -0.385 e. The standard InChI is InChI=1S/C12H24OSi/c1-10(12(2,3)4)11(13)8-9-14(5,6)7/h8-9,11,13H,1H2,2-7H3/b9-8+.